The van der Waals surface area contributed by atoms with Gasteiger partial charge in [0.15, 0.2) is 0 Å². The van der Waals surface area contributed by atoms with Crippen LogP contribution in [0.5, 0.6) is 0 Å². The molecule has 0 aromatic heterocycles. The Morgan fingerprint density at radius 3 is 2.58 bits per heavy atom. The van der Waals surface area contributed by atoms with Crippen LogP contribution in [0.3, 0.4) is 0 Å². The van der Waals surface area contributed by atoms with Crippen LogP contribution in [0.4, 0.5) is 0 Å². The molecule has 0 radical (unpaired) electrons. The van der Waals surface area contributed by atoms with Crippen LogP contribution in [0.2, 0.25) is 0 Å². The zero-order chi connectivity index (χ0) is 13.0. The van der Waals surface area contributed by atoms with E-state index in [0.29, 0.717) is 12.5 Å². The van der Waals surface area contributed by atoms with E-state index in [2.05, 4.69) is 6.92 Å². The molecule has 1 atom stereocenters. The highest BCUT2D eigenvalue weighted by Crippen LogP contribution is 2.31. The van der Waals surface area contributed by atoms with Crippen LogP contribution in [0.1, 0.15) is 58.3 Å². The summed E-state index contributed by atoms with van der Waals surface area (Å²) < 4.78 is 0. The molecule has 1 amide bonds. The first-order valence-corrected chi connectivity index (χ1v) is 7.61. The Morgan fingerprint density at radius 2 is 2.00 bits per heavy atom. The Labute approximate surface area is 123 Å². The summed E-state index contributed by atoms with van der Waals surface area (Å²) in [6, 6.07) is 0. The van der Waals surface area contributed by atoms with Gasteiger partial charge in [-0.2, -0.15) is 0 Å². The third kappa shape index (κ3) is 4.64. The van der Waals surface area contributed by atoms with Crippen molar-refractivity contribution in [2.75, 3.05) is 19.6 Å². The fraction of sp³-hybridized carbons (Fsp3) is 0.933. The molecule has 112 valence electrons. The fourth-order valence-corrected chi connectivity index (χ4v) is 3.36. The smallest absolute Gasteiger partial charge is 0.222 e. The van der Waals surface area contributed by atoms with E-state index < -0.39 is 0 Å². The van der Waals surface area contributed by atoms with Crippen molar-refractivity contribution in [2.24, 2.45) is 17.1 Å². The Hall–Kier alpha value is -0.280. The summed E-state index contributed by atoms with van der Waals surface area (Å²) in [5.41, 5.74) is 5.95. The van der Waals surface area contributed by atoms with Gasteiger partial charge in [0.05, 0.1) is 0 Å². The molecule has 0 spiro atoms. The lowest BCUT2D eigenvalue weighted by Crippen LogP contribution is -2.34. The van der Waals surface area contributed by atoms with E-state index in [1.165, 1.54) is 32.1 Å². The van der Waals surface area contributed by atoms with Crippen LogP contribution in [-0.4, -0.2) is 30.4 Å². The van der Waals surface area contributed by atoms with Crippen LogP contribution in [0.25, 0.3) is 0 Å². The topological polar surface area (TPSA) is 46.3 Å². The van der Waals surface area contributed by atoms with Gasteiger partial charge in [-0.05, 0) is 30.7 Å². The highest BCUT2D eigenvalue weighted by atomic mass is 35.5. The van der Waals surface area contributed by atoms with Crippen molar-refractivity contribution in [1.29, 1.82) is 0 Å². The summed E-state index contributed by atoms with van der Waals surface area (Å²) in [5.74, 6) is 1.17. The molecule has 0 bridgehead atoms. The monoisotopic (exact) mass is 288 g/mol. The molecule has 4 heteroatoms. The summed E-state index contributed by atoms with van der Waals surface area (Å²) in [6.07, 6.45) is 9.74. The van der Waals surface area contributed by atoms with Crippen molar-refractivity contribution in [1.82, 2.24) is 4.90 Å². The average molecular weight is 289 g/mol. The number of likely N-dealkylation sites (tertiary alicyclic amines) is 1. The normalized spacial score (nSPS) is 28.2. The molecule has 1 aliphatic carbocycles. The van der Waals surface area contributed by atoms with E-state index in [9.17, 15) is 4.79 Å². The maximum atomic E-state index is 12.2. The van der Waals surface area contributed by atoms with Crippen LogP contribution in [-0.2, 0) is 4.79 Å². The molecule has 3 nitrogen and oxygen atoms in total. The van der Waals surface area contributed by atoms with Gasteiger partial charge in [0.25, 0.3) is 0 Å². The second-order valence-corrected chi connectivity index (χ2v) is 6.62. The summed E-state index contributed by atoms with van der Waals surface area (Å²) >= 11 is 0. The first-order chi connectivity index (χ1) is 8.63. The van der Waals surface area contributed by atoms with E-state index in [4.69, 9.17) is 5.73 Å². The number of carbonyl (C=O) groups excluding carboxylic acids is 1. The van der Waals surface area contributed by atoms with Crippen molar-refractivity contribution in [3.63, 3.8) is 0 Å². The van der Waals surface area contributed by atoms with Crippen molar-refractivity contribution in [2.45, 2.75) is 58.3 Å². The molecule has 1 aliphatic heterocycles. The molecule has 0 aromatic carbocycles. The number of hydrogen-bond donors (Lipinski definition) is 1. The predicted molar refractivity (Wildman–Crippen MR) is 81.4 cm³/mol. The second kappa shape index (κ2) is 7.49. The van der Waals surface area contributed by atoms with Gasteiger partial charge in [0.2, 0.25) is 5.91 Å². The number of amides is 1. The first-order valence-electron chi connectivity index (χ1n) is 7.61. The highest BCUT2D eigenvalue weighted by molar-refractivity contribution is 5.85. The minimum absolute atomic E-state index is 0. The maximum Gasteiger partial charge on any atom is 0.222 e. The van der Waals surface area contributed by atoms with Crippen LogP contribution in [0.15, 0.2) is 0 Å². The highest BCUT2D eigenvalue weighted by Gasteiger charge is 2.34. The van der Waals surface area contributed by atoms with Gasteiger partial charge >= 0.3 is 0 Å². The lowest BCUT2D eigenvalue weighted by atomic mass is 9.86. The molecule has 1 saturated heterocycles. The minimum Gasteiger partial charge on any atom is -0.342 e. The van der Waals surface area contributed by atoms with E-state index >= 15 is 0 Å². The molecular formula is C15H29ClN2O. The van der Waals surface area contributed by atoms with Gasteiger partial charge in [0, 0.05) is 19.5 Å². The molecule has 1 unspecified atom stereocenters. The molecule has 2 aliphatic rings. The van der Waals surface area contributed by atoms with E-state index in [0.717, 1.165) is 38.3 Å². The lowest BCUT2D eigenvalue weighted by Gasteiger charge is -2.24. The second-order valence-electron chi connectivity index (χ2n) is 6.62. The SMILES string of the molecule is CC1(CN)CCN(C(=O)CCC2CCCCC2)C1.Cl. The standard InChI is InChI=1S/C15H28N2O.ClH/c1-15(11-16)9-10-17(12-15)14(18)8-7-13-5-3-2-4-6-13;/h13H,2-12,16H2,1H3;1H. The largest absolute Gasteiger partial charge is 0.342 e. The zero-order valence-corrected chi connectivity index (χ0v) is 13.0. The summed E-state index contributed by atoms with van der Waals surface area (Å²) in [5, 5.41) is 0. The Balaban J connectivity index is 0.00000180. The maximum absolute atomic E-state index is 12.2. The third-order valence-corrected chi connectivity index (χ3v) is 4.89. The summed E-state index contributed by atoms with van der Waals surface area (Å²) in [6.45, 7) is 4.67. The molecular weight excluding hydrogens is 260 g/mol. The number of halogens is 1. The molecule has 2 rings (SSSR count). The molecule has 1 heterocycles. The lowest BCUT2D eigenvalue weighted by molar-refractivity contribution is -0.130. The van der Waals surface area contributed by atoms with Gasteiger partial charge in [-0.15, -0.1) is 12.4 Å². The average Bonchev–Trinajstić information content (AvgIpc) is 2.81. The van der Waals surface area contributed by atoms with Crippen molar-refractivity contribution >= 4 is 18.3 Å². The molecule has 1 saturated carbocycles. The van der Waals surface area contributed by atoms with E-state index in [-0.39, 0.29) is 17.8 Å². The van der Waals surface area contributed by atoms with E-state index in [1.54, 1.807) is 0 Å². The van der Waals surface area contributed by atoms with Gasteiger partial charge < -0.3 is 10.6 Å². The summed E-state index contributed by atoms with van der Waals surface area (Å²) in [7, 11) is 0. The Kier molecular flexibility index (Phi) is 6.61. The number of carbonyl (C=O) groups is 1. The van der Waals surface area contributed by atoms with E-state index in [1.807, 2.05) is 4.90 Å². The molecule has 2 fully saturated rings. The first kappa shape index (κ1) is 16.8. The number of nitrogens with zero attached hydrogens (tertiary/aromatic N) is 1. The van der Waals surface area contributed by atoms with Gasteiger partial charge in [-0.1, -0.05) is 39.0 Å². The van der Waals surface area contributed by atoms with Gasteiger partial charge in [0.1, 0.15) is 0 Å². The van der Waals surface area contributed by atoms with Crippen LogP contribution < -0.4 is 5.73 Å². The zero-order valence-electron chi connectivity index (χ0n) is 12.2. The molecule has 2 N–H and O–H groups in total. The fourth-order valence-electron chi connectivity index (χ4n) is 3.36. The Morgan fingerprint density at radius 1 is 1.32 bits per heavy atom. The van der Waals surface area contributed by atoms with Crippen molar-refractivity contribution < 1.29 is 4.79 Å². The van der Waals surface area contributed by atoms with Crippen molar-refractivity contribution in [3.8, 4) is 0 Å². The van der Waals surface area contributed by atoms with Crippen molar-refractivity contribution in [3.05, 3.63) is 0 Å². The number of hydrogen-bond acceptors (Lipinski definition) is 2. The predicted octanol–water partition coefficient (Wildman–Crippen LogP) is 2.97. The third-order valence-electron chi connectivity index (χ3n) is 4.89. The quantitative estimate of drug-likeness (QED) is 0.864. The van der Waals surface area contributed by atoms with Gasteiger partial charge in [-0.3, -0.25) is 4.79 Å². The van der Waals surface area contributed by atoms with Crippen LogP contribution in [0, 0.1) is 11.3 Å². The molecule has 0 aromatic rings. The Bertz CT molecular complexity index is 292. The minimum atomic E-state index is 0. The number of rotatable bonds is 4. The molecule has 19 heavy (non-hydrogen) atoms. The number of nitrogens with two attached hydrogens (primary N) is 1. The van der Waals surface area contributed by atoms with Gasteiger partial charge in [-0.25, -0.2) is 0 Å². The van der Waals surface area contributed by atoms with Crippen LogP contribution >= 0.6 is 12.4 Å². The summed E-state index contributed by atoms with van der Waals surface area (Å²) in [4.78, 5) is 14.2.